The second kappa shape index (κ2) is 9.15. The van der Waals surface area contributed by atoms with Gasteiger partial charge in [-0.15, -0.1) is 0 Å². The molecule has 0 aromatic carbocycles. The summed E-state index contributed by atoms with van der Waals surface area (Å²) in [7, 11) is -11.0. The molecular weight excluding hydrogens is 550 g/mol. The number of halogens is 17. The molecule has 20 heteroatoms. The topological polar surface area (TPSA) is 8.81 Å². The van der Waals surface area contributed by atoms with E-state index in [-0.39, 0.29) is 0 Å². The van der Waals surface area contributed by atoms with Gasteiger partial charge in [-0.25, -0.2) is 9.13 Å². The van der Waals surface area contributed by atoms with E-state index in [1.54, 1.807) is 0 Å². The average molecular weight is 566 g/mol. The summed E-state index contributed by atoms with van der Waals surface area (Å²) in [4.78, 5) is 0. The Morgan fingerprint density at radius 1 is 0.676 bits per heavy atom. The zero-order valence-electron chi connectivity index (χ0n) is 16.7. The van der Waals surface area contributed by atoms with E-state index < -0.39 is 42.7 Å². The van der Waals surface area contributed by atoms with Crippen molar-refractivity contribution in [1.29, 1.82) is 0 Å². The van der Waals surface area contributed by atoms with E-state index in [2.05, 4.69) is 34.8 Å². The number of nitrogens with zero attached hydrogens (tertiary/aromatic N) is 2. The van der Waals surface area contributed by atoms with E-state index in [4.69, 9.17) is 0 Å². The molecule has 0 atom stereocenters. The number of rotatable bonds is 6. The first kappa shape index (κ1) is 32.4. The van der Waals surface area contributed by atoms with Gasteiger partial charge in [-0.1, -0.05) is 13.3 Å². The fourth-order valence-corrected chi connectivity index (χ4v) is 4.99. The van der Waals surface area contributed by atoms with Crippen molar-refractivity contribution in [3.8, 4) is 0 Å². The summed E-state index contributed by atoms with van der Waals surface area (Å²) < 4.78 is 213. The monoisotopic (exact) mass is 566 g/mol. The Labute approximate surface area is 179 Å². The number of aryl methyl sites for hydroxylation is 2. The Hall–Kier alpha value is -1.55. The molecule has 1 rings (SSSR count). The molecule has 1 aromatic rings. The molecule has 2 nitrogen and oxygen atoms in total. The third-order valence-electron chi connectivity index (χ3n) is 4.32. The van der Waals surface area contributed by atoms with Gasteiger partial charge >= 0.3 is 117 Å². The molecule has 0 radical (unpaired) electrons. The molecule has 34 heavy (non-hydrogen) atoms. The maximum atomic E-state index is 13.4. The summed E-state index contributed by atoms with van der Waals surface area (Å²) >= 11 is 0. The quantitative estimate of drug-likeness (QED) is 0.191. The van der Waals surface area contributed by atoms with Crippen LogP contribution in [0.2, 0.25) is 0 Å². The molecule has 0 amide bonds. The van der Waals surface area contributed by atoms with E-state index in [0.29, 0.717) is 0 Å². The van der Waals surface area contributed by atoms with E-state index >= 15 is 0 Å². The predicted molar refractivity (Wildman–Crippen MR) is 84.1 cm³/mol. The van der Waals surface area contributed by atoms with Crippen molar-refractivity contribution >= 4 is 7.22 Å². The molecule has 0 bridgehead atoms. The van der Waals surface area contributed by atoms with E-state index in [1.165, 1.54) is 12.8 Å². The van der Waals surface area contributed by atoms with Crippen molar-refractivity contribution in [2.75, 3.05) is 0 Å². The Bertz CT molecular complexity index is 746. The van der Waals surface area contributed by atoms with Gasteiger partial charge in [-0.3, -0.25) is 0 Å². The van der Waals surface area contributed by atoms with Gasteiger partial charge < -0.3 is 0 Å². The van der Waals surface area contributed by atoms with Gasteiger partial charge in [0.15, 0.2) is 0 Å². The van der Waals surface area contributed by atoms with Gasteiger partial charge in [-0.05, 0) is 6.42 Å². The van der Waals surface area contributed by atoms with Crippen LogP contribution in [0.15, 0.2) is 18.7 Å². The number of aromatic nitrogens is 2. The Morgan fingerprint density at radius 2 is 1.00 bits per heavy atom. The minimum absolute atomic E-state index is 1.15. The second-order valence-electron chi connectivity index (χ2n) is 6.90. The van der Waals surface area contributed by atoms with E-state index in [1.807, 2.05) is 7.05 Å². The van der Waals surface area contributed by atoms with Crippen molar-refractivity contribution in [3.63, 3.8) is 0 Å². The second-order valence-corrected chi connectivity index (χ2v) is 10.8. The van der Waals surface area contributed by atoms with Crippen LogP contribution in [-0.4, -0.2) is 40.1 Å². The first-order valence-electron chi connectivity index (χ1n) is 8.55. The molecule has 0 spiro atoms. The summed E-state index contributed by atoms with van der Waals surface area (Å²) in [6.45, 7) is 3.36. The van der Waals surface area contributed by atoms with Crippen LogP contribution in [0, 0.1) is 0 Å². The fraction of sp³-hybridized carbons (Fsp3) is 0.786. The van der Waals surface area contributed by atoms with Crippen LogP contribution in [0.4, 0.5) is 74.3 Å². The maximum absolute atomic E-state index is 13.4. The van der Waals surface area contributed by atoms with Gasteiger partial charge in [-0.2, -0.15) is 0 Å². The number of imidazole rings is 1. The number of alkyl halides is 15. The average Bonchev–Trinajstić information content (AvgIpc) is 3.02. The summed E-state index contributed by atoms with van der Waals surface area (Å²) in [6.07, 6.45) is -16.0. The molecular formula is C14H16F17N2P. The van der Waals surface area contributed by atoms with Gasteiger partial charge in [0.1, 0.15) is 12.4 Å². The fourth-order valence-electron chi connectivity index (χ4n) is 2.31. The molecule has 206 valence electrons. The van der Waals surface area contributed by atoms with Crippen molar-refractivity contribution in [2.24, 2.45) is 7.05 Å². The first-order valence-corrected chi connectivity index (χ1v) is 10.8. The number of hydrogen-bond donors (Lipinski definition) is 0. The molecule has 0 aliphatic carbocycles. The van der Waals surface area contributed by atoms with E-state index in [0.717, 1.165) is 6.54 Å². The van der Waals surface area contributed by atoms with Crippen LogP contribution in [-0.2, 0) is 13.6 Å². The van der Waals surface area contributed by atoms with Gasteiger partial charge in [0.25, 0.3) is 0 Å². The summed E-state index contributed by atoms with van der Waals surface area (Å²) in [5.74, 6) is 0. The number of unbranched alkanes of at least 4 members (excludes halogenated alkanes) is 1. The van der Waals surface area contributed by atoms with Crippen molar-refractivity contribution in [3.05, 3.63) is 18.7 Å². The van der Waals surface area contributed by atoms with Crippen LogP contribution in [0.3, 0.4) is 0 Å². The molecule has 0 N–H and O–H groups in total. The van der Waals surface area contributed by atoms with Gasteiger partial charge in [0.05, 0.1) is 13.6 Å². The van der Waals surface area contributed by atoms with Gasteiger partial charge in [0.2, 0.25) is 6.33 Å². The molecule has 0 saturated carbocycles. The van der Waals surface area contributed by atoms with Crippen molar-refractivity contribution < 1.29 is 78.8 Å². The molecule has 1 heterocycles. The standard InChI is InChI=1S/C8H15N2.C6HF17P/c1-3-4-5-10-7-6-9(2)8-10;7-1(8,9)4(16,17)24(22,23,5(18,19)2(10,11)12)6(20,21)3(13,14)15/h6-8H,3-5H2,1-2H3;24H/q+1;-1. The zero-order valence-corrected chi connectivity index (χ0v) is 17.7. The van der Waals surface area contributed by atoms with Crippen LogP contribution in [0.25, 0.3) is 0 Å². The Morgan fingerprint density at radius 3 is 1.21 bits per heavy atom. The van der Waals surface area contributed by atoms with Crippen LogP contribution >= 0.6 is 7.22 Å². The van der Waals surface area contributed by atoms with Crippen LogP contribution in [0.5, 0.6) is 0 Å². The molecule has 0 aliphatic heterocycles. The zero-order chi connectivity index (χ0) is 27.8. The third-order valence-corrected chi connectivity index (χ3v) is 8.47. The molecule has 0 unspecified atom stereocenters. The Kier molecular flexibility index (Phi) is 8.73. The third kappa shape index (κ3) is 4.76. The minimum atomic E-state index is -13.1. The SMILES string of the molecule is CCCCn1cc[n+](C)c1.FC(F)(F)C(F)(F)[PH-](F)(F)(C(F)(F)C(F)(F)F)C(F)(F)C(F)(F)F. The summed E-state index contributed by atoms with van der Waals surface area (Å²) in [5, 5.41) is 0. The summed E-state index contributed by atoms with van der Waals surface area (Å²) in [5.41, 5.74) is -27.0. The van der Waals surface area contributed by atoms with Crippen molar-refractivity contribution in [1.82, 2.24) is 4.57 Å². The van der Waals surface area contributed by atoms with E-state index in [9.17, 15) is 74.3 Å². The predicted octanol–water partition coefficient (Wildman–Crippen LogP) is 7.62. The molecule has 1 aromatic heterocycles. The first-order chi connectivity index (χ1) is 14.6. The Balaban J connectivity index is 0.000000896. The number of hydrogen-bond acceptors (Lipinski definition) is 0. The summed E-state index contributed by atoms with van der Waals surface area (Å²) in [6, 6.07) is 0. The molecule has 0 saturated heterocycles. The van der Waals surface area contributed by atoms with Gasteiger partial charge in [0, 0.05) is 0 Å². The van der Waals surface area contributed by atoms with Crippen molar-refractivity contribution in [2.45, 2.75) is 61.8 Å². The normalized spacial score (nSPS) is 15.9. The van der Waals surface area contributed by atoms with Crippen LogP contribution < -0.4 is 4.57 Å². The van der Waals surface area contributed by atoms with Crippen LogP contribution in [0.1, 0.15) is 19.8 Å². The molecule has 0 aliphatic rings. The molecule has 0 fully saturated rings.